The molecule has 0 aromatic heterocycles. The zero-order valence-electron chi connectivity index (χ0n) is 10.3. The van der Waals surface area contributed by atoms with Gasteiger partial charge in [0.2, 0.25) is 0 Å². The summed E-state index contributed by atoms with van der Waals surface area (Å²) >= 11 is 3.09. The summed E-state index contributed by atoms with van der Waals surface area (Å²) in [7, 11) is 0. The number of anilines is 1. The van der Waals surface area contributed by atoms with Crippen LogP contribution in [0.15, 0.2) is 16.6 Å². The minimum Gasteiger partial charge on any atom is -0.333 e. The lowest BCUT2D eigenvalue weighted by Crippen LogP contribution is -2.43. The van der Waals surface area contributed by atoms with Gasteiger partial charge in [-0.05, 0) is 61.3 Å². The van der Waals surface area contributed by atoms with E-state index in [1.807, 2.05) is 20.8 Å². The summed E-state index contributed by atoms with van der Waals surface area (Å²) in [6, 6.07) is 2.58. The fourth-order valence-electron chi connectivity index (χ4n) is 1.28. The van der Waals surface area contributed by atoms with Gasteiger partial charge >= 0.3 is 6.03 Å². The smallest absolute Gasteiger partial charge is 0.319 e. The van der Waals surface area contributed by atoms with Gasteiger partial charge in [0, 0.05) is 11.2 Å². The Morgan fingerprint density at radius 1 is 1.35 bits per heavy atom. The first-order chi connectivity index (χ1) is 7.69. The Bertz CT molecular complexity index is 441. The van der Waals surface area contributed by atoms with Crippen molar-refractivity contribution >= 4 is 27.6 Å². The minimum atomic E-state index is -0.401. The molecule has 5 heteroatoms. The van der Waals surface area contributed by atoms with Gasteiger partial charge in [-0.25, -0.2) is 9.18 Å². The third-order valence-electron chi connectivity index (χ3n) is 2.00. The molecule has 2 amide bonds. The van der Waals surface area contributed by atoms with Crippen molar-refractivity contribution in [2.45, 2.75) is 33.2 Å². The van der Waals surface area contributed by atoms with Crippen LogP contribution in [0.3, 0.4) is 0 Å². The average molecular weight is 303 g/mol. The highest BCUT2D eigenvalue weighted by atomic mass is 79.9. The zero-order chi connectivity index (χ0) is 13.2. The van der Waals surface area contributed by atoms with Gasteiger partial charge in [0.25, 0.3) is 0 Å². The fraction of sp³-hybridized carbons (Fsp3) is 0.417. The molecule has 3 nitrogen and oxygen atoms in total. The van der Waals surface area contributed by atoms with Gasteiger partial charge in [0.05, 0.1) is 4.47 Å². The lowest BCUT2D eigenvalue weighted by molar-refractivity contribution is 0.244. The van der Waals surface area contributed by atoms with Crippen molar-refractivity contribution in [2.24, 2.45) is 0 Å². The number of carbonyl (C=O) groups is 1. The van der Waals surface area contributed by atoms with Gasteiger partial charge in [-0.3, -0.25) is 0 Å². The van der Waals surface area contributed by atoms with Gasteiger partial charge in [-0.2, -0.15) is 0 Å². The second-order valence-corrected chi connectivity index (χ2v) is 5.76. The van der Waals surface area contributed by atoms with E-state index in [-0.39, 0.29) is 11.6 Å². The maximum Gasteiger partial charge on any atom is 0.319 e. The molecule has 1 rings (SSSR count). The maximum atomic E-state index is 13.3. The first kappa shape index (κ1) is 14.0. The molecule has 0 unspecified atom stereocenters. The highest BCUT2D eigenvalue weighted by Gasteiger charge is 2.14. The monoisotopic (exact) mass is 302 g/mol. The third kappa shape index (κ3) is 4.34. The Morgan fingerprint density at radius 3 is 2.47 bits per heavy atom. The van der Waals surface area contributed by atoms with Crippen molar-refractivity contribution < 1.29 is 9.18 Å². The molecule has 2 N–H and O–H groups in total. The molecular formula is C12H16BrFN2O. The number of halogens is 2. The van der Waals surface area contributed by atoms with Crippen molar-refractivity contribution in [1.82, 2.24) is 5.32 Å². The second kappa shape index (κ2) is 5.04. The number of aryl methyl sites for hydroxylation is 1. The molecule has 0 fully saturated rings. The van der Waals surface area contributed by atoms with Crippen LogP contribution in [0.5, 0.6) is 0 Å². The number of hydrogen-bond donors (Lipinski definition) is 2. The van der Waals surface area contributed by atoms with Crippen LogP contribution in [0.4, 0.5) is 14.9 Å². The summed E-state index contributed by atoms with van der Waals surface area (Å²) in [4.78, 5) is 11.6. The zero-order valence-corrected chi connectivity index (χ0v) is 11.9. The van der Waals surface area contributed by atoms with Crippen molar-refractivity contribution in [3.8, 4) is 0 Å². The molecule has 0 aliphatic heterocycles. The molecule has 1 aromatic rings. The van der Waals surface area contributed by atoms with Crippen molar-refractivity contribution in [3.63, 3.8) is 0 Å². The van der Waals surface area contributed by atoms with Crippen molar-refractivity contribution in [1.29, 1.82) is 0 Å². The Labute approximate surface area is 109 Å². The molecule has 17 heavy (non-hydrogen) atoms. The summed E-state index contributed by atoms with van der Waals surface area (Å²) in [6.07, 6.45) is 0. The molecule has 1 aromatic carbocycles. The molecule has 0 radical (unpaired) electrons. The largest absolute Gasteiger partial charge is 0.333 e. The van der Waals surface area contributed by atoms with E-state index in [9.17, 15) is 9.18 Å². The minimum absolute atomic E-state index is 0.327. The predicted octanol–water partition coefficient (Wildman–Crippen LogP) is 3.82. The highest BCUT2D eigenvalue weighted by molar-refractivity contribution is 9.10. The van der Waals surface area contributed by atoms with Crippen LogP contribution >= 0.6 is 15.9 Å². The number of urea groups is 1. The summed E-state index contributed by atoms with van der Waals surface area (Å²) in [6.45, 7) is 7.43. The van der Waals surface area contributed by atoms with E-state index in [1.165, 1.54) is 6.07 Å². The van der Waals surface area contributed by atoms with Gasteiger partial charge in [-0.1, -0.05) is 0 Å². The molecule has 0 bridgehead atoms. The molecule has 0 aliphatic carbocycles. The van der Waals surface area contributed by atoms with E-state index in [2.05, 4.69) is 26.6 Å². The second-order valence-electron chi connectivity index (χ2n) is 4.91. The lowest BCUT2D eigenvalue weighted by atomic mass is 10.1. The maximum absolute atomic E-state index is 13.3. The SMILES string of the molecule is Cc1cc(Br)c(F)cc1NC(=O)NC(C)(C)C. The van der Waals surface area contributed by atoms with Crippen molar-refractivity contribution in [2.75, 3.05) is 5.32 Å². The molecule has 0 aliphatic rings. The van der Waals surface area contributed by atoms with Crippen LogP contribution in [0.25, 0.3) is 0 Å². The predicted molar refractivity (Wildman–Crippen MR) is 70.7 cm³/mol. The van der Waals surface area contributed by atoms with Crippen LogP contribution in [0.2, 0.25) is 0 Å². The lowest BCUT2D eigenvalue weighted by Gasteiger charge is -2.21. The quantitative estimate of drug-likeness (QED) is 0.813. The van der Waals surface area contributed by atoms with Gasteiger partial charge < -0.3 is 10.6 Å². The Hall–Kier alpha value is -1.10. The van der Waals surface area contributed by atoms with Crippen molar-refractivity contribution in [3.05, 3.63) is 28.0 Å². The highest BCUT2D eigenvalue weighted by Crippen LogP contribution is 2.23. The number of carbonyl (C=O) groups excluding carboxylic acids is 1. The molecular weight excluding hydrogens is 287 g/mol. The van der Waals surface area contributed by atoms with E-state index >= 15 is 0 Å². The summed E-state index contributed by atoms with van der Waals surface area (Å²) in [5.74, 6) is -0.401. The molecule has 0 atom stereocenters. The standard InChI is InChI=1S/C12H16BrFN2O/c1-7-5-8(13)9(14)6-10(7)15-11(17)16-12(2,3)4/h5-6H,1-4H3,(H2,15,16,17). The first-order valence-corrected chi connectivity index (χ1v) is 6.03. The van der Waals surface area contributed by atoms with Gasteiger partial charge in [-0.15, -0.1) is 0 Å². The van der Waals surface area contributed by atoms with Crippen LogP contribution in [0.1, 0.15) is 26.3 Å². The van der Waals surface area contributed by atoms with E-state index < -0.39 is 5.82 Å². The summed E-state index contributed by atoms with van der Waals surface area (Å²) in [5, 5.41) is 5.37. The Balaban J connectivity index is 2.82. The van der Waals surface area contributed by atoms with Crippen LogP contribution in [-0.4, -0.2) is 11.6 Å². The molecule has 0 spiro atoms. The van der Waals surface area contributed by atoms with Crippen LogP contribution in [-0.2, 0) is 0 Å². The Morgan fingerprint density at radius 2 is 1.94 bits per heavy atom. The van der Waals surface area contributed by atoms with Crippen LogP contribution < -0.4 is 10.6 Å². The molecule has 0 saturated heterocycles. The number of benzene rings is 1. The van der Waals surface area contributed by atoms with Crippen LogP contribution in [0, 0.1) is 12.7 Å². The van der Waals surface area contributed by atoms with E-state index in [0.29, 0.717) is 10.2 Å². The van der Waals surface area contributed by atoms with E-state index in [4.69, 9.17) is 0 Å². The normalized spacial score (nSPS) is 11.2. The number of amides is 2. The third-order valence-corrected chi connectivity index (χ3v) is 2.61. The first-order valence-electron chi connectivity index (χ1n) is 5.24. The van der Waals surface area contributed by atoms with Gasteiger partial charge in [0.15, 0.2) is 0 Å². The van der Waals surface area contributed by atoms with E-state index in [0.717, 1.165) is 5.56 Å². The molecule has 0 saturated carbocycles. The summed E-state index contributed by atoms with van der Waals surface area (Å²) in [5.41, 5.74) is 0.932. The molecule has 94 valence electrons. The van der Waals surface area contributed by atoms with E-state index in [1.54, 1.807) is 13.0 Å². The van der Waals surface area contributed by atoms with Gasteiger partial charge in [0.1, 0.15) is 5.82 Å². The fourth-order valence-corrected chi connectivity index (χ4v) is 1.73. The Kier molecular flexibility index (Phi) is 4.14. The summed E-state index contributed by atoms with van der Waals surface area (Å²) < 4.78 is 13.7. The number of nitrogens with one attached hydrogen (secondary N) is 2. The topological polar surface area (TPSA) is 41.1 Å². The number of rotatable bonds is 1. The molecule has 0 heterocycles. The number of hydrogen-bond acceptors (Lipinski definition) is 1. The average Bonchev–Trinajstić information content (AvgIpc) is 2.11.